The molecule has 0 bridgehead atoms. The molecule has 104 valence electrons. The number of amides is 1. The molecule has 1 aromatic heterocycles. The van der Waals surface area contributed by atoms with Gasteiger partial charge in [0.05, 0.1) is 12.5 Å². The van der Waals surface area contributed by atoms with Gasteiger partial charge < -0.3 is 9.32 Å². The highest BCUT2D eigenvalue weighted by Gasteiger charge is 2.22. The van der Waals surface area contributed by atoms with Crippen LogP contribution in [0.5, 0.6) is 0 Å². The molecule has 0 saturated heterocycles. The predicted octanol–water partition coefficient (Wildman–Crippen LogP) is 3.34. The van der Waals surface area contributed by atoms with Crippen LogP contribution in [0.3, 0.4) is 0 Å². The van der Waals surface area contributed by atoms with Crippen LogP contribution in [-0.2, 0) is 0 Å². The second-order valence-corrected chi connectivity index (χ2v) is 5.09. The SMILES string of the molecule is Cc1ccc(C)c2c(C)c(C(=O)N(C)CCC#N)oc12. The Hall–Kier alpha value is -2.28. The molecule has 0 radical (unpaired) electrons. The van der Waals surface area contributed by atoms with Crippen molar-refractivity contribution in [1.29, 1.82) is 5.26 Å². The van der Waals surface area contributed by atoms with Gasteiger partial charge in [-0.25, -0.2) is 0 Å². The Morgan fingerprint density at radius 1 is 1.30 bits per heavy atom. The van der Waals surface area contributed by atoms with E-state index in [2.05, 4.69) is 0 Å². The highest BCUT2D eigenvalue weighted by molar-refractivity contribution is 6.00. The van der Waals surface area contributed by atoms with Gasteiger partial charge in [-0.1, -0.05) is 12.1 Å². The molecule has 4 nitrogen and oxygen atoms in total. The molecule has 0 saturated carbocycles. The van der Waals surface area contributed by atoms with Crippen molar-refractivity contribution in [3.05, 3.63) is 34.6 Å². The van der Waals surface area contributed by atoms with E-state index in [0.717, 1.165) is 27.7 Å². The number of hydrogen-bond donors (Lipinski definition) is 0. The van der Waals surface area contributed by atoms with E-state index in [9.17, 15) is 4.79 Å². The summed E-state index contributed by atoms with van der Waals surface area (Å²) in [5.41, 5.74) is 3.77. The van der Waals surface area contributed by atoms with E-state index in [1.165, 1.54) is 4.90 Å². The number of benzene rings is 1. The molecule has 0 aliphatic rings. The van der Waals surface area contributed by atoms with Gasteiger partial charge in [-0.05, 0) is 31.9 Å². The topological polar surface area (TPSA) is 57.2 Å². The number of fused-ring (bicyclic) bond motifs is 1. The van der Waals surface area contributed by atoms with Gasteiger partial charge in [0.1, 0.15) is 5.58 Å². The van der Waals surface area contributed by atoms with Gasteiger partial charge in [0.2, 0.25) is 0 Å². The van der Waals surface area contributed by atoms with Crippen LogP contribution in [0.25, 0.3) is 11.0 Å². The van der Waals surface area contributed by atoms with Gasteiger partial charge in [-0.2, -0.15) is 5.26 Å². The monoisotopic (exact) mass is 270 g/mol. The van der Waals surface area contributed by atoms with E-state index in [1.54, 1.807) is 7.05 Å². The first-order valence-corrected chi connectivity index (χ1v) is 6.59. The molecule has 0 aliphatic heterocycles. The molecule has 2 rings (SSSR count). The number of nitriles is 1. The van der Waals surface area contributed by atoms with Crippen LogP contribution in [0.15, 0.2) is 16.5 Å². The summed E-state index contributed by atoms with van der Waals surface area (Å²) in [4.78, 5) is 13.9. The van der Waals surface area contributed by atoms with Crippen LogP contribution in [-0.4, -0.2) is 24.4 Å². The summed E-state index contributed by atoms with van der Waals surface area (Å²) in [6.45, 7) is 6.30. The summed E-state index contributed by atoms with van der Waals surface area (Å²) in [6, 6.07) is 6.07. The number of aryl methyl sites for hydroxylation is 3. The van der Waals surface area contributed by atoms with Crippen LogP contribution in [0.2, 0.25) is 0 Å². The van der Waals surface area contributed by atoms with E-state index in [0.29, 0.717) is 18.7 Å². The first-order valence-electron chi connectivity index (χ1n) is 6.59. The lowest BCUT2D eigenvalue weighted by Gasteiger charge is -2.13. The van der Waals surface area contributed by atoms with E-state index in [4.69, 9.17) is 9.68 Å². The largest absolute Gasteiger partial charge is 0.450 e. The van der Waals surface area contributed by atoms with Crippen molar-refractivity contribution in [3.8, 4) is 6.07 Å². The maximum atomic E-state index is 12.4. The molecule has 0 aliphatic carbocycles. The van der Waals surface area contributed by atoms with Crippen molar-refractivity contribution in [2.24, 2.45) is 0 Å². The van der Waals surface area contributed by atoms with Gasteiger partial charge >= 0.3 is 0 Å². The van der Waals surface area contributed by atoms with E-state index < -0.39 is 0 Å². The van der Waals surface area contributed by atoms with Crippen molar-refractivity contribution in [2.45, 2.75) is 27.2 Å². The van der Waals surface area contributed by atoms with Gasteiger partial charge in [0.15, 0.2) is 5.76 Å². The molecule has 0 unspecified atom stereocenters. The molecule has 1 aromatic carbocycles. The fourth-order valence-corrected chi connectivity index (χ4v) is 2.37. The first-order chi connectivity index (χ1) is 9.47. The normalized spacial score (nSPS) is 10.6. The van der Waals surface area contributed by atoms with Gasteiger partial charge in [0.25, 0.3) is 5.91 Å². The minimum absolute atomic E-state index is 0.173. The van der Waals surface area contributed by atoms with Crippen LogP contribution in [0.4, 0.5) is 0 Å². The van der Waals surface area contributed by atoms with Gasteiger partial charge in [0, 0.05) is 24.5 Å². The number of furan rings is 1. The Balaban J connectivity index is 2.49. The Kier molecular flexibility index (Phi) is 3.80. The number of hydrogen-bond acceptors (Lipinski definition) is 3. The lowest BCUT2D eigenvalue weighted by Crippen LogP contribution is -2.27. The van der Waals surface area contributed by atoms with Gasteiger partial charge in [-0.3, -0.25) is 4.79 Å². The first kappa shape index (κ1) is 14.1. The van der Waals surface area contributed by atoms with Gasteiger partial charge in [-0.15, -0.1) is 0 Å². The lowest BCUT2D eigenvalue weighted by molar-refractivity contribution is 0.0768. The quantitative estimate of drug-likeness (QED) is 0.859. The van der Waals surface area contributed by atoms with Crippen molar-refractivity contribution < 1.29 is 9.21 Å². The van der Waals surface area contributed by atoms with Crippen LogP contribution in [0, 0.1) is 32.1 Å². The zero-order valence-corrected chi connectivity index (χ0v) is 12.3. The fraction of sp³-hybridized carbons (Fsp3) is 0.375. The average molecular weight is 270 g/mol. The molecule has 1 heterocycles. The third-order valence-electron chi connectivity index (χ3n) is 3.58. The summed E-state index contributed by atoms with van der Waals surface area (Å²) < 4.78 is 5.80. The number of nitrogens with zero attached hydrogens (tertiary/aromatic N) is 2. The standard InChI is InChI=1S/C16H18N2O2/c1-10-6-7-11(2)14-13(10)12(3)15(20-14)16(19)18(4)9-5-8-17/h6-7H,5,9H2,1-4H3. The summed E-state index contributed by atoms with van der Waals surface area (Å²) in [5.74, 6) is 0.200. The zero-order valence-electron chi connectivity index (χ0n) is 12.3. The molecule has 0 N–H and O–H groups in total. The molecule has 0 atom stereocenters. The van der Waals surface area contributed by atoms with Crippen LogP contribution >= 0.6 is 0 Å². The molecule has 4 heteroatoms. The third-order valence-corrected chi connectivity index (χ3v) is 3.58. The third kappa shape index (κ3) is 2.27. The minimum atomic E-state index is -0.173. The molecular weight excluding hydrogens is 252 g/mol. The number of rotatable bonds is 3. The second-order valence-electron chi connectivity index (χ2n) is 5.09. The Labute approximate surface area is 118 Å². The highest BCUT2D eigenvalue weighted by Crippen LogP contribution is 2.31. The molecule has 0 fully saturated rings. The second kappa shape index (κ2) is 5.38. The summed E-state index contributed by atoms with van der Waals surface area (Å²) in [6.07, 6.45) is 0.319. The summed E-state index contributed by atoms with van der Waals surface area (Å²) >= 11 is 0. The lowest BCUT2D eigenvalue weighted by atomic mass is 10.0. The molecule has 2 aromatic rings. The van der Waals surface area contributed by atoms with Crippen LogP contribution in [0.1, 0.15) is 33.7 Å². The fourth-order valence-electron chi connectivity index (χ4n) is 2.37. The van der Waals surface area contributed by atoms with Crippen molar-refractivity contribution in [2.75, 3.05) is 13.6 Å². The summed E-state index contributed by atoms with van der Waals surface area (Å²) in [5, 5.41) is 9.61. The highest BCUT2D eigenvalue weighted by atomic mass is 16.3. The predicted molar refractivity (Wildman–Crippen MR) is 77.6 cm³/mol. The van der Waals surface area contributed by atoms with Crippen LogP contribution < -0.4 is 0 Å². The average Bonchev–Trinajstić information content (AvgIpc) is 2.78. The molecule has 1 amide bonds. The van der Waals surface area contributed by atoms with E-state index in [-0.39, 0.29) is 5.91 Å². The Morgan fingerprint density at radius 2 is 1.95 bits per heavy atom. The maximum absolute atomic E-state index is 12.4. The number of carbonyl (C=O) groups excluding carboxylic acids is 1. The van der Waals surface area contributed by atoms with E-state index in [1.807, 2.05) is 39.0 Å². The van der Waals surface area contributed by atoms with Crippen molar-refractivity contribution in [1.82, 2.24) is 4.90 Å². The zero-order chi connectivity index (χ0) is 14.9. The maximum Gasteiger partial charge on any atom is 0.289 e. The summed E-state index contributed by atoms with van der Waals surface area (Å²) in [7, 11) is 1.69. The Morgan fingerprint density at radius 3 is 2.55 bits per heavy atom. The minimum Gasteiger partial charge on any atom is -0.450 e. The Bertz CT molecular complexity index is 707. The smallest absolute Gasteiger partial charge is 0.289 e. The van der Waals surface area contributed by atoms with Crippen molar-refractivity contribution in [3.63, 3.8) is 0 Å². The number of carbonyl (C=O) groups is 1. The molecule has 0 spiro atoms. The molecule has 20 heavy (non-hydrogen) atoms. The van der Waals surface area contributed by atoms with E-state index >= 15 is 0 Å². The molecular formula is C16H18N2O2. The van der Waals surface area contributed by atoms with Crippen molar-refractivity contribution >= 4 is 16.9 Å².